The van der Waals surface area contributed by atoms with Crippen molar-refractivity contribution in [2.75, 3.05) is 7.05 Å². The van der Waals surface area contributed by atoms with Gasteiger partial charge in [0.25, 0.3) is 5.91 Å². The van der Waals surface area contributed by atoms with Gasteiger partial charge in [0, 0.05) is 19.0 Å². The van der Waals surface area contributed by atoms with E-state index in [0.717, 1.165) is 12.0 Å². The van der Waals surface area contributed by atoms with E-state index in [1.807, 2.05) is 31.2 Å². The molecule has 0 unspecified atom stereocenters. The Morgan fingerprint density at radius 3 is 2.38 bits per heavy atom. The Balaban J connectivity index is 1.95. The molecule has 0 aliphatic carbocycles. The summed E-state index contributed by atoms with van der Waals surface area (Å²) >= 11 is 0. The first-order chi connectivity index (χ1) is 11.3. The molecular formula is C18H25N3O3. The van der Waals surface area contributed by atoms with E-state index in [2.05, 4.69) is 10.2 Å². The predicted molar refractivity (Wildman–Crippen MR) is 90.5 cm³/mol. The van der Waals surface area contributed by atoms with Gasteiger partial charge in [-0.2, -0.15) is 0 Å². The molecule has 24 heavy (non-hydrogen) atoms. The predicted octanol–water partition coefficient (Wildman–Crippen LogP) is 2.61. The van der Waals surface area contributed by atoms with Gasteiger partial charge in [0.15, 0.2) is 0 Å². The van der Waals surface area contributed by atoms with Crippen LogP contribution in [0.2, 0.25) is 0 Å². The Kier molecular flexibility index (Phi) is 5.72. The molecule has 0 fully saturated rings. The molecule has 6 nitrogen and oxygen atoms in total. The van der Waals surface area contributed by atoms with Crippen LogP contribution in [0.1, 0.15) is 54.9 Å². The maximum Gasteiger partial charge on any atom is 0.254 e. The molecule has 1 N–H and O–H groups in total. The molecule has 0 aliphatic heterocycles. The number of aliphatic hydroxyl groups is 1. The van der Waals surface area contributed by atoms with Gasteiger partial charge in [0.1, 0.15) is 0 Å². The second kappa shape index (κ2) is 7.57. The third kappa shape index (κ3) is 5.16. The maximum atomic E-state index is 12.4. The summed E-state index contributed by atoms with van der Waals surface area (Å²) in [6, 6.07) is 7.47. The highest BCUT2D eigenvalue weighted by Crippen LogP contribution is 2.15. The molecule has 0 saturated heterocycles. The van der Waals surface area contributed by atoms with Gasteiger partial charge < -0.3 is 14.4 Å². The van der Waals surface area contributed by atoms with Crippen molar-refractivity contribution >= 4 is 5.91 Å². The second-order valence-electron chi connectivity index (χ2n) is 6.61. The van der Waals surface area contributed by atoms with E-state index in [9.17, 15) is 9.90 Å². The molecule has 0 atom stereocenters. The fourth-order valence-electron chi connectivity index (χ4n) is 2.25. The fourth-order valence-corrected chi connectivity index (χ4v) is 2.25. The van der Waals surface area contributed by atoms with Crippen LogP contribution in [0.3, 0.4) is 0 Å². The quantitative estimate of drug-likeness (QED) is 0.843. The Morgan fingerprint density at radius 2 is 1.83 bits per heavy atom. The number of rotatable bonds is 7. The van der Waals surface area contributed by atoms with E-state index in [1.165, 1.54) is 0 Å². The first-order valence-corrected chi connectivity index (χ1v) is 8.16. The third-order valence-electron chi connectivity index (χ3n) is 3.76. The van der Waals surface area contributed by atoms with Crippen molar-refractivity contribution in [2.24, 2.45) is 0 Å². The molecule has 0 radical (unpaired) electrons. The maximum absolute atomic E-state index is 12.4. The zero-order valence-electron chi connectivity index (χ0n) is 14.7. The first kappa shape index (κ1) is 18.1. The SMILES string of the molecule is CCc1nnc(CN(C)C(=O)c2ccc(CCC(C)(C)O)cc2)o1. The normalized spacial score (nSPS) is 11.5. The molecule has 0 spiro atoms. The zero-order chi connectivity index (χ0) is 17.7. The number of benzene rings is 1. The van der Waals surface area contributed by atoms with E-state index in [4.69, 9.17) is 4.42 Å². The van der Waals surface area contributed by atoms with Crippen LogP contribution in [0.25, 0.3) is 0 Å². The lowest BCUT2D eigenvalue weighted by Gasteiger charge is -2.17. The minimum absolute atomic E-state index is 0.0970. The summed E-state index contributed by atoms with van der Waals surface area (Å²) in [5, 5.41) is 17.6. The molecular weight excluding hydrogens is 306 g/mol. The lowest BCUT2D eigenvalue weighted by molar-refractivity contribution is 0.0712. The third-order valence-corrected chi connectivity index (χ3v) is 3.76. The number of carbonyl (C=O) groups is 1. The summed E-state index contributed by atoms with van der Waals surface area (Å²) in [6.45, 7) is 5.81. The highest BCUT2D eigenvalue weighted by Gasteiger charge is 2.16. The Hall–Kier alpha value is -2.21. The van der Waals surface area contributed by atoms with E-state index >= 15 is 0 Å². The topological polar surface area (TPSA) is 79.5 Å². The van der Waals surface area contributed by atoms with Crippen LogP contribution >= 0.6 is 0 Å². The number of hydrogen-bond acceptors (Lipinski definition) is 5. The summed E-state index contributed by atoms with van der Waals surface area (Å²) in [5.74, 6) is 0.909. The number of amides is 1. The van der Waals surface area contributed by atoms with Gasteiger partial charge in [-0.25, -0.2) is 0 Å². The van der Waals surface area contributed by atoms with E-state index in [-0.39, 0.29) is 12.5 Å². The molecule has 2 aromatic rings. The molecule has 0 aliphatic rings. The van der Waals surface area contributed by atoms with Gasteiger partial charge in [-0.1, -0.05) is 19.1 Å². The van der Waals surface area contributed by atoms with Crippen molar-refractivity contribution < 1.29 is 14.3 Å². The molecule has 6 heteroatoms. The van der Waals surface area contributed by atoms with Crippen LogP contribution in [0.15, 0.2) is 28.7 Å². The van der Waals surface area contributed by atoms with Crippen LogP contribution in [-0.2, 0) is 19.4 Å². The van der Waals surface area contributed by atoms with Crippen molar-refractivity contribution in [3.05, 3.63) is 47.2 Å². The Bertz CT molecular complexity index is 672. The minimum atomic E-state index is -0.684. The van der Waals surface area contributed by atoms with Crippen LogP contribution < -0.4 is 0 Å². The van der Waals surface area contributed by atoms with Gasteiger partial charge in [-0.15, -0.1) is 10.2 Å². The monoisotopic (exact) mass is 331 g/mol. The van der Waals surface area contributed by atoms with Gasteiger partial charge in [0.2, 0.25) is 11.8 Å². The fraction of sp³-hybridized carbons (Fsp3) is 0.500. The second-order valence-corrected chi connectivity index (χ2v) is 6.61. The van der Waals surface area contributed by atoms with Gasteiger partial charge >= 0.3 is 0 Å². The lowest BCUT2D eigenvalue weighted by atomic mass is 9.98. The van der Waals surface area contributed by atoms with Crippen molar-refractivity contribution in [3.8, 4) is 0 Å². The number of aromatic nitrogens is 2. The van der Waals surface area contributed by atoms with E-state index in [1.54, 1.807) is 25.8 Å². The number of carbonyl (C=O) groups excluding carboxylic acids is 1. The largest absolute Gasteiger partial charge is 0.423 e. The van der Waals surface area contributed by atoms with Gasteiger partial charge in [-0.05, 0) is 44.4 Å². The molecule has 0 bridgehead atoms. The van der Waals surface area contributed by atoms with E-state index in [0.29, 0.717) is 30.2 Å². The molecule has 1 amide bonds. The average Bonchev–Trinajstić information content (AvgIpc) is 2.99. The molecule has 130 valence electrons. The van der Waals surface area contributed by atoms with Gasteiger partial charge in [0.05, 0.1) is 12.1 Å². The van der Waals surface area contributed by atoms with Crippen molar-refractivity contribution in [3.63, 3.8) is 0 Å². The minimum Gasteiger partial charge on any atom is -0.423 e. The lowest BCUT2D eigenvalue weighted by Crippen LogP contribution is -2.26. The molecule has 0 saturated carbocycles. The molecule has 1 aromatic carbocycles. The van der Waals surface area contributed by atoms with Crippen molar-refractivity contribution in [1.29, 1.82) is 0 Å². The summed E-state index contributed by atoms with van der Waals surface area (Å²) in [6.07, 6.45) is 2.13. The number of aryl methyl sites for hydroxylation is 2. The molecule has 1 aromatic heterocycles. The summed E-state index contributed by atoms with van der Waals surface area (Å²) in [7, 11) is 1.71. The Labute approximate surface area is 142 Å². The van der Waals surface area contributed by atoms with Crippen LogP contribution in [0.4, 0.5) is 0 Å². The average molecular weight is 331 g/mol. The zero-order valence-corrected chi connectivity index (χ0v) is 14.7. The first-order valence-electron chi connectivity index (χ1n) is 8.16. The summed E-state index contributed by atoms with van der Waals surface area (Å²) < 4.78 is 5.43. The smallest absolute Gasteiger partial charge is 0.254 e. The Morgan fingerprint density at radius 1 is 1.21 bits per heavy atom. The van der Waals surface area contributed by atoms with Crippen LogP contribution in [-0.4, -0.2) is 38.8 Å². The van der Waals surface area contributed by atoms with E-state index < -0.39 is 5.60 Å². The highest BCUT2D eigenvalue weighted by molar-refractivity contribution is 5.94. The molecule has 1 heterocycles. The molecule has 2 rings (SSSR count). The van der Waals surface area contributed by atoms with Crippen molar-refractivity contribution in [2.45, 2.75) is 52.2 Å². The number of nitrogens with zero attached hydrogens (tertiary/aromatic N) is 3. The summed E-state index contributed by atoms with van der Waals surface area (Å²) in [4.78, 5) is 14.0. The van der Waals surface area contributed by atoms with Crippen LogP contribution in [0.5, 0.6) is 0 Å². The number of hydrogen-bond donors (Lipinski definition) is 1. The standard InChI is InChI=1S/C18H25N3O3/c1-5-15-19-20-16(24-15)12-21(4)17(22)14-8-6-13(7-9-14)10-11-18(2,3)23/h6-9,23H,5,10-12H2,1-4H3. The van der Waals surface area contributed by atoms with Crippen molar-refractivity contribution in [1.82, 2.24) is 15.1 Å². The summed E-state index contributed by atoms with van der Waals surface area (Å²) in [5.41, 5.74) is 1.02. The van der Waals surface area contributed by atoms with Gasteiger partial charge in [-0.3, -0.25) is 4.79 Å². The highest BCUT2D eigenvalue weighted by atomic mass is 16.4. The van der Waals surface area contributed by atoms with Crippen LogP contribution in [0, 0.1) is 0 Å².